The summed E-state index contributed by atoms with van der Waals surface area (Å²) in [6.45, 7) is 8.13. The first-order valence-electron chi connectivity index (χ1n) is 6.11. The van der Waals surface area contributed by atoms with E-state index in [0.717, 1.165) is 31.1 Å². The predicted octanol–water partition coefficient (Wildman–Crippen LogP) is 4.07. The molecule has 0 unspecified atom stereocenters. The van der Waals surface area contributed by atoms with Crippen molar-refractivity contribution >= 4 is 6.29 Å². The molecule has 1 aliphatic rings. The van der Waals surface area contributed by atoms with E-state index in [1.807, 2.05) is 13.0 Å². The highest BCUT2D eigenvalue weighted by Crippen LogP contribution is 2.29. The zero-order valence-electron chi connectivity index (χ0n) is 10.4. The summed E-state index contributed by atoms with van der Waals surface area (Å²) in [6, 6.07) is 0. The number of carbonyl (C=O) groups excluding carboxylic acids is 1. The molecule has 1 rings (SSSR count). The second kappa shape index (κ2) is 6.47. The standard InChI is InChI=1S/C15H22O/c1-12-7-9-15(10-8-12)14(3)6-4-5-13(2)11-16/h5,7,9,11,14-15H,1,4,6,8,10H2,2-3H3/b13-5+/t14-,15-/m0/s1. The zero-order valence-corrected chi connectivity index (χ0v) is 10.4. The summed E-state index contributed by atoms with van der Waals surface area (Å²) in [7, 11) is 0. The van der Waals surface area contributed by atoms with Crippen molar-refractivity contribution in [1.82, 2.24) is 0 Å². The molecule has 16 heavy (non-hydrogen) atoms. The van der Waals surface area contributed by atoms with E-state index in [4.69, 9.17) is 0 Å². The summed E-state index contributed by atoms with van der Waals surface area (Å²) >= 11 is 0. The van der Waals surface area contributed by atoms with Crippen molar-refractivity contribution in [3.63, 3.8) is 0 Å². The van der Waals surface area contributed by atoms with Gasteiger partial charge in [0.05, 0.1) is 0 Å². The lowest BCUT2D eigenvalue weighted by atomic mass is 9.82. The second-order valence-corrected chi connectivity index (χ2v) is 4.84. The number of carbonyl (C=O) groups is 1. The third-order valence-corrected chi connectivity index (χ3v) is 3.38. The normalized spacial score (nSPS) is 23.2. The van der Waals surface area contributed by atoms with Crippen LogP contribution in [-0.2, 0) is 4.79 Å². The van der Waals surface area contributed by atoms with Crippen LogP contribution in [0.1, 0.15) is 39.5 Å². The van der Waals surface area contributed by atoms with Gasteiger partial charge in [-0.15, -0.1) is 0 Å². The molecule has 0 aliphatic heterocycles. The van der Waals surface area contributed by atoms with Gasteiger partial charge in [-0.3, -0.25) is 4.79 Å². The van der Waals surface area contributed by atoms with E-state index < -0.39 is 0 Å². The molecule has 0 saturated heterocycles. The second-order valence-electron chi connectivity index (χ2n) is 4.84. The van der Waals surface area contributed by atoms with Gasteiger partial charge < -0.3 is 0 Å². The van der Waals surface area contributed by atoms with Gasteiger partial charge in [0.25, 0.3) is 0 Å². The molecule has 2 atom stereocenters. The highest BCUT2D eigenvalue weighted by atomic mass is 16.1. The maximum Gasteiger partial charge on any atom is 0.145 e. The van der Waals surface area contributed by atoms with Crippen LogP contribution >= 0.6 is 0 Å². The Morgan fingerprint density at radius 3 is 3.00 bits per heavy atom. The molecule has 0 bridgehead atoms. The molecule has 0 aromatic heterocycles. The van der Waals surface area contributed by atoms with Crippen molar-refractivity contribution < 1.29 is 4.79 Å². The van der Waals surface area contributed by atoms with Gasteiger partial charge in [0.1, 0.15) is 6.29 Å². The van der Waals surface area contributed by atoms with Gasteiger partial charge in [-0.1, -0.05) is 37.3 Å². The predicted molar refractivity (Wildman–Crippen MR) is 69.2 cm³/mol. The molecule has 0 heterocycles. The van der Waals surface area contributed by atoms with Crippen LogP contribution in [0.2, 0.25) is 0 Å². The summed E-state index contributed by atoms with van der Waals surface area (Å²) in [4.78, 5) is 10.4. The minimum atomic E-state index is 0.690. The van der Waals surface area contributed by atoms with Crippen LogP contribution in [0.4, 0.5) is 0 Å². The smallest absolute Gasteiger partial charge is 0.145 e. The fourth-order valence-corrected chi connectivity index (χ4v) is 2.10. The van der Waals surface area contributed by atoms with Crippen LogP contribution in [0.3, 0.4) is 0 Å². The molecule has 0 N–H and O–H groups in total. The van der Waals surface area contributed by atoms with Gasteiger partial charge in [0, 0.05) is 0 Å². The Balaban J connectivity index is 2.35. The van der Waals surface area contributed by atoms with Gasteiger partial charge in [0.15, 0.2) is 0 Å². The van der Waals surface area contributed by atoms with E-state index in [9.17, 15) is 4.79 Å². The van der Waals surface area contributed by atoms with Crippen molar-refractivity contribution in [1.29, 1.82) is 0 Å². The third kappa shape index (κ3) is 4.18. The van der Waals surface area contributed by atoms with Gasteiger partial charge >= 0.3 is 0 Å². The number of aldehydes is 1. The molecular formula is C15H22O. The van der Waals surface area contributed by atoms with Crippen LogP contribution in [0.5, 0.6) is 0 Å². The maximum absolute atomic E-state index is 10.4. The Morgan fingerprint density at radius 1 is 1.69 bits per heavy atom. The average molecular weight is 218 g/mol. The number of hydrogen-bond donors (Lipinski definition) is 0. The molecule has 1 aliphatic carbocycles. The van der Waals surface area contributed by atoms with Gasteiger partial charge in [-0.2, -0.15) is 0 Å². The SMILES string of the molecule is C=C1C=C[C@H]([C@@H](C)CC/C=C(\C)C=O)CC1. The lowest BCUT2D eigenvalue weighted by Crippen LogP contribution is -2.12. The molecule has 1 nitrogen and oxygen atoms in total. The van der Waals surface area contributed by atoms with Crippen LogP contribution in [0.15, 0.2) is 36.0 Å². The Labute approximate surface area is 98.9 Å². The molecule has 1 heteroatoms. The summed E-state index contributed by atoms with van der Waals surface area (Å²) in [6.07, 6.45) is 12.0. The summed E-state index contributed by atoms with van der Waals surface area (Å²) in [5.74, 6) is 1.38. The molecule has 0 fully saturated rings. The first-order valence-corrected chi connectivity index (χ1v) is 6.11. The quantitative estimate of drug-likeness (QED) is 0.502. The Morgan fingerprint density at radius 2 is 2.44 bits per heavy atom. The first kappa shape index (κ1) is 13.0. The highest BCUT2D eigenvalue weighted by molar-refractivity contribution is 5.71. The highest BCUT2D eigenvalue weighted by Gasteiger charge is 2.16. The summed E-state index contributed by atoms with van der Waals surface area (Å²) < 4.78 is 0. The lowest BCUT2D eigenvalue weighted by molar-refractivity contribution is -0.104. The fraction of sp³-hybridized carbons (Fsp3) is 0.533. The number of allylic oxidation sites excluding steroid dienone is 5. The molecular weight excluding hydrogens is 196 g/mol. The van der Waals surface area contributed by atoms with E-state index >= 15 is 0 Å². The molecule has 88 valence electrons. The van der Waals surface area contributed by atoms with E-state index in [2.05, 4.69) is 25.7 Å². The summed E-state index contributed by atoms with van der Waals surface area (Å²) in [5.41, 5.74) is 2.10. The lowest BCUT2D eigenvalue weighted by Gasteiger charge is -2.23. The van der Waals surface area contributed by atoms with Crippen molar-refractivity contribution in [2.75, 3.05) is 0 Å². The number of rotatable bonds is 5. The molecule has 0 amide bonds. The van der Waals surface area contributed by atoms with E-state index in [1.54, 1.807) is 0 Å². The Hall–Kier alpha value is -1.11. The minimum Gasteiger partial charge on any atom is -0.298 e. The van der Waals surface area contributed by atoms with Crippen molar-refractivity contribution in [2.45, 2.75) is 39.5 Å². The molecule has 0 aromatic rings. The van der Waals surface area contributed by atoms with E-state index in [-0.39, 0.29) is 0 Å². The average Bonchev–Trinajstić information content (AvgIpc) is 2.29. The molecule has 0 saturated carbocycles. The Bertz CT molecular complexity index is 309. The monoisotopic (exact) mass is 218 g/mol. The first-order chi connectivity index (χ1) is 7.63. The fourth-order valence-electron chi connectivity index (χ4n) is 2.10. The van der Waals surface area contributed by atoms with Gasteiger partial charge in [-0.25, -0.2) is 0 Å². The molecule has 0 aromatic carbocycles. The zero-order chi connectivity index (χ0) is 12.0. The van der Waals surface area contributed by atoms with Crippen molar-refractivity contribution in [3.05, 3.63) is 36.0 Å². The minimum absolute atomic E-state index is 0.690. The maximum atomic E-state index is 10.4. The van der Waals surface area contributed by atoms with Gasteiger partial charge in [0.2, 0.25) is 0 Å². The largest absolute Gasteiger partial charge is 0.298 e. The number of hydrogen-bond acceptors (Lipinski definition) is 1. The van der Waals surface area contributed by atoms with E-state index in [1.165, 1.54) is 12.0 Å². The van der Waals surface area contributed by atoms with Crippen molar-refractivity contribution in [2.24, 2.45) is 11.8 Å². The molecule has 0 radical (unpaired) electrons. The van der Waals surface area contributed by atoms with Crippen LogP contribution < -0.4 is 0 Å². The van der Waals surface area contributed by atoms with Crippen LogP contribution in [0, 0.1) is 11.8 Å². The van der Waals surface area contributed by atoms with Gasteiger partial charge in [-0.05, 0) is 50.0 Å². The third-order valence-electron chi connectivity index (χ3n) is 3.38. The van der Waals surface area contributed by atoms with Crippen LogP contribution in [0.25, 0.3) is 0 Å². The summed E-state index contributed by atoms with van der Waals surface area (Å²) in [5, 5.41) is 0. The molecule has 0 spiro atoms. The van der Waals surface area contributed by atoms with E-state index in [0.29, 0.717) is 11.8 Å². The topological polar surface area (TPSA) is 17.1 Å². The van der Waals surface area contributed by atoms with Crippen molar-refractivity contribution in [3.8, 4) is 0 Å². The van der Waals surface area contributed by atoms with Crippen LogP contribution in [-0.4, -0.2) is 6.29 Å². The Kier molecular flexibility index (Phi) is 5.24.